The Morgan fingerprint density at radius 3 is 2.22 bits per heavy atom. The summed E-state index contributed by atoms with van der Waals surface area (Å²) in [6, 6.07) is 4.60. The van der Waals surface area contributed by atoms with E-state index >= 15 is 0 Å². The quantitative estimate of drug-likeness (QED) is 0.546. The molecule has 1 N–H and O–H groups in total. The molecule has 6 nitrogen and oxygen atoms in total. The fourth-order valence-corrected chi connectivity index (χ4v) is 2.39. The molecule has 1 aliphatic carbocycles. The zero-order valence-electron chi connectivity index (χ0n) is 14.2. The normalized spacial score (nSPS) is 14.9. The van der Waals surface area contributed by atoms with Gasteiger partial charge in [0.05, 0.1) is 12.0 Å². The fourth-order valence-electron chi connectivity index (χ4n) is 2.39. The highest BCUT2D eigenvalue weighted by molar-refractivity contribution is 5.94. The number of aliphatic carboxylic acids is 1. The van der Waals surface area contributed by atoms with Crippen LogP contribution in [0.15, 0.2) is 36.4 Å². The smallest absolute Gasteiger partial charge is 0.416 e. The molecule has 1 fully saturated rings. The van der Waals surface area contributed by atoms with Crippen molar-refractivity contribution in [2.45, 2.75) is 37.5 Å². The lowest BCUT2D eigenvalue weighted by Crippen LogP contribution is -2.24. The second-order valence-corrected chi connectivity index (χ2v) is 6.28. The van der Waals surface area contributed by atoms with Crippen LogP contribution in [0.4, 0.5) is 13.2 Å². The first-order chi connectivity index (χ1) is 12.5. The van der Waals surface area contributed by atoms with Crippen molar-refractivity contribution in [2.75, 3.05) is 6.61 Å². The van der Waals surface area contributed by atoms with E-state index < -0.39 is 48.3 Å². The predicted molar refractivity (Wildman–Crippen MR) is 85.6 cm³/mol. The maximum absolute atomic E-state index is 12.6. The maximum Gasteiger partial charge on any atom is 0.416 e. The molecule has 1 aromatic rings. The average Bonchev–Trinajstić information content (AvgIpc) is 3.30. The van der Waals surface area contributed by atoms with Gasteiger partial charge in [0, 0.05) is 12.0 Å². The van der Waals surface area contributed by atoms with Crippen molar-refractivity contribution in [3.63, 3.8) is 0 Å². The van der Waals surface area contributed by atoms with Crippen LogP contribution in [0.3, 0.4) is 0 Å². The molecule has 0 saturated heterocycles. The highest BCUT2D eigenvalue weighted by atomic mass is 19.4. The largest absolute Gasteiger partial charge is 0.479 e. The number of hydrogen-bond acceptors (Lipinski definition) is 5. The number of ether oxygens (including phenoxy) is 2. The van der Waals surface area contributed by atoms with Gasteiger partial charge in [-0.15, -0.1) is 0 Å². The van der Waals surface area contributed by atoms with Crippen molar-refractivity contribution in [2.24, 2.45) is 0 Å². The summed E-state index contributed by atoms with van der Waals surface area (Å²) < 4.78 is 47.5. The van der Waals surface area contributed by atoms with Gasteiger partial charge in [-0.25, -0.2) is 9.59 Å². The van der Waals surface area contributed by atoms with Crippen LogP contribution in [0.25, 0.3) is 0 Å². The Kier molecular flexibility index (Phi) is 5.92. The third kappa shape index (κ3) is 6.12. The van der Waals surface area contributed by atoms with Gasteiger partial charge >= 0.3 is 24.1 Å². The molecule has 146 valence electrons. The van der Waals surface area contributed by atoms with Crippen molar-refractivity contribution >= 4 is 17.9 Å². The van der Waals surface area contributed by atoms with Crippen molar-refractivity contribution < 1.29 is 42.1 Å². The van der Waals surface area contributed by atoms with Crippen LogP contribution in [-0.2, 0) is 36.5 Å². The van der Waals surface area contributed by atoms with Crippen LogP contribution in [0.5, 0.6) is 0 Å². The van der Waals surface area contributed by atoms with Gasteiger partial charge in [0.2, 0.25) is 0 Å². The van der Waals surface area contributed by atoms with Crippen molar-refractivity contribution in [3.8, 4) is 0 Å². The second kappa shape index (κ2) is 7.81. The van der Waals surface area contributed by atoms with Gasteiger partial charge < -0.3 is 14.6 Å². The third-order valence-electron chi connectivity index (χ3n) is 3.92. The minimum absolute atomic E-state index is 0.244. The number of carbonyl (C=O) groups is 3. The molecule has 0 aliphatic heterocycles. The summed E-state index contributed by atoms with van der Waals surface area (Å²) in [5, 5.41) is 8.43. The molecule has 0 amide bonds. The number of benzene rings is 1. The van der Waals surface area contributed by atoms with Gasteiger partial charge in [-0.1, -0.05) is 18.7 Å². The molecule has 0 unspecified atom stereocenters. The molecule has 27 heavy (non-hydrogen) atoms. The number of rotatable bonds is 8. The summed E-state index contributed by atoms with van der Waals surface area (Å²) in [7, 11) is 0. The Bertz CT molecular complexity index is 747. The Morgan fingerprint density at radius 2 is 1.74 bits per heavy atom. The molecular formula is C18H17F3O6. The van der Waals surface area contributed by atoms with E-state index in [-0.39, 0.29) is 12.0 Å². The molecule has 0 spiro atoms. The van der Waals surface area contributed by atoms with E-state index in [0.29, 0.717) is 18.4 Å². The van der Waals surface area contributed by atoms with Crippen LogP contribution in [0.1, 0.15) is 30.4 Å². The summed E-state index contributed by atoms with van der Waals surface area (Å²) in [5.41, 5.74) is -1.22. The van der Waals surface area contributed by atoms with E-state index in [4.69, 9.17) is 9.84 Å². The van der Waals surface area contributed by atoms with Crippen LogP contribution >= 0.6 is 0 Å². The Balaban J connectivity index is 1.87. The fraction of sp³-hybridized carbons (Fsp3) is 0.389. The molecule has 1 aromatic carbocycles. The lowest BCUT2D eigenvalue weighted by molar-refractivity contribution is -0.154. The monoisotopic (exact) mass is 386 g/mol. The molecule has 1 aliphatic rings. The summed E-state index contributed by atoms with van der Waals surface area (Å²) in [6.45, 7) is 2.52. The summed E-state index contributed by atoms with van der Waals surface area (Å²) in [4.78, 5) is 33.8. The van der Waals surface area contributed by atoms with Crippen molar-refractivity contribution in [1.29, 1.82) is 0 Å². The molecule has 9 heteroatoms. The number of carbonyl (C=O) groups excluding carboxylic acids is 2. The van der Waals surface area contributed by atoms with Crippen molar-refractivity contribution in [3.05, 3.63) is 47.5 Å². The minimum atomic E-state index is -4.42. The van der Waals surface area contributed by atoms with Crippen LogP contribution in [0, 0.1) is 0 Å². The van der Waals surface area contributed by atoms with Gasteiger partial charge in [0.1, 0.15) is 5.60 Å². The Morgan fingerprint density at radius 1 is 1.15 bits per heavy atom. The summed E-state index contributed by atoms with van der Waals surface area (Å²) in [6.07, 6.45) is -3.52. The highest BCUT2D eigenvalue weighted by Crippen LogP contribution is 2.43. The zero-order chi connectivity index (χ0) is 20.2. The molecule has 0 heterocycles. The predicted octanol–water partition coefficient (Wildman–Crippen LogP) is 2.90. The van der Waals surface area contributed by atoms with Crippen molar-refractivity contribution in [1.82, 2.24) is 0 Å². The van der Waals surface area contributed by atoms with Gasteiger partial charge in [-0.05, 0) is 30.5 Å². The third-order valence-corrected chi connectivity index (χ3v) is 3.92. The van der Waals surface area contributed by atoms with E-state index in [9.17, 15) is 27.6 Å². The first-order valence-corrected chi connectivity index (χ1v) is 7.95. The second-order valence-electron chi connectivity index (χ2n) is 6.28. The molecule has 1 saturated carbocycles. The van der Waals surface area contributed by atoms with E-state index in [2.05, 4.69) is 11.3 Å². The number of halogens is 3. The first-order valence-electron chi connectivity index (χ1n) is 7.95. The number of carboxylic acids is 1. The molecular weight excluding hydrogens is 369 g/mol. The number of esters is 2. The Hall–Kier alpha value is -2.84. The van der Waals surface area contributed by atoms with E-state index in [1.807, 2.05) is 0 Å². The van der Waals surface area contributed by atoms with Gasteiger partial charge in [-0.2, -0.15) is 13.2 Å². The molecule has 0 bridgehead atoms. The van der Waals surface area contributed by atoms with E-state index in [1.165, 1.54) is 12.1 Å². The summed E-state index contributed by atoms with van der Waals surface area (Å²) in [5.74, 6) is -3.09. The standard InChI is InChI=1S/C18H17F3O6/c1-11(16(25)26-10-14(22)23)8-15(24)27-17(6-7-17)9-12-2-4-13(5-3-12)18(19,20)21/h2-5H,1,6-10H2,(H,22,23). The van der Waals surface area contributed by atoms with E-state index in [1.54, 1.807) is 0 Å². The lowest BCUT2D eigenvalue weighted by atomic mass is 10.0. The molecule has 0 radical (unpaired) electrons. The topological polar surface area (TPSA) is 89.9 Å². The van der Waals surface area contributed by atoms with Crippen LogP contribution < -0.4 is 0 Å². The average molecular weight is 386 g/mol. The van der Waals surface area contributed by atoms with Crippen LogP contribution in [-0.4, -0.2) is 35.2 Å². The maximum atomic E-state index is 12.6. The number of alkyl halides is 3. The van der Waals surface area contributed by atoms with Crippen LogP contribution in [0.2, 0.25) is 0 Å². The minimum Gasteiger partial charge on any atom is -0.479 e. The summed E-state index contributed by atoms with van der Waals surface area (Å²) >= 11 is 0. The molecule has 0 aromatic heterocycles. The van der Waals surface area contributed by atoms with Gasteiger partial charge in [-0.3, -0.25) is 4.79 Å². The molecule has 2 rings (SSSR count). The zero-order valence-corrected chi connectivity index (χ0v) is 14.2. The first kappa shape index (κ1) is 20.5. The van der Waals surface area contributed by atoms with E-state index in [0.717, 1.165) is 12.1 Å². The molecule has 0 atom stereocenters. The number of hydrogen-bond donors (Lipinski definition) is 1. The van der Waals surface area contributed by atoms with Gasteiger partial charge in [0.25, 0.3) is 0 Å². The SMILES string of the molecule is C=C(CC(=O)OC1(Cc2ccc(C(F)(F)F)cc2)CC1)C(=O)OCC(=O)O. The highest BCUT2D eigenvalue weighted by Gasteiger charge is 2.47. The Labute approximate surface area is 152 Å². The van der Waals surface area contributed by atoms with Gasteiger partial charge in [0.15, 0.2) is 6.61 Å². The lowest BCUT2D eigenvalue weighted by Gasteiger charge is -2.17. The number of carboxylic acid groups (broad SMARTS) is 1.